The maximum atomic E-state index is 11.3. The summed E-state index contributed by atoms with van der Waals surface area (Å²) in [5.74, 6) is 0.275. The van der Waals surface area contributed by atoms with E-state index in [2.05, 4.69) is 11.3 Å². The minimum Gasteiger partial charge on any atom is -0.450 e. The van der Waals surface area contributed by atoms with Crippen molar-refractivity contribution < 1.29 is 23.8 Å². The van der Waals surface area contributed by atoms with Crippen molar-refractivity contribution in [2.75, 3.05) is 18.1 Å². The molecule has 0 amide bonds. The van der Waals surface area contributed by atoms with Gasteiger partial charge in [0.1, 0.15) is 0 Å². The Morgan fingerprint density at radius 3 is 2.76 bits per heavy atom. The van der Waals surface area contributed by atoms with Crippen molar-refractivity contribution in [1.82, 2.24) is 0 Å². The lowest BCUT2D eigenvalue weighted by Crippen LogP contribution is -2.34. The molecule has 2 atom stereocenters. The van der Waals surface area contributed by atoms with Crippen LogP contribution >= 0.6 is 11.8 Å². The first-order chi connectivity index (χ1) is 7.99. The molecule has 96 valence electrons. The first-order valence-electron chi connectivity index (χ1n) is 5.24. The number of ether oxygens (including phenoxy) is 3. The average Bonchev–Trinajstić information content (AvgIpc) is 2.25. The van der Waals surface area contributed by atoms with Gasteiger partial charge in [0.2, 0.25) is 6.29 Å². The van der Waals surface area contributed by atoms with Crippen LogP contribution in [0.15, 0.2) is 12.2 Å². The molecule has 1 rings (SSSR count). The fourth-order valence-corrected chi connectivity index (χ4v) is 2.04. The number of carbonyl (C=O) groups is 2. The Morgan fingerprint density at radius 1 is 1.47 bits per heavy atom. The van der Waals surface area contributed by atoms with Crippen molar-refractivity contribution in [1.29, 1.82) is 0 Å². The van der Waals surface area contributed by atoms with Crippen LogP contribution in [0.25, 0.3) is 0 Å². The fourth-order valence-electron chi connectivity index (χ4n) is 1.16. The zero-order valence-corrected chi connectivity index (χ0v) is 10.7. The molecule has 0 N–H and O–H groups in total. The summed E-state index contributed by atoms with van der Waals surface area (Å²) in [6.45, 7) is 6.41. The highest BCUT2D eigenvalue weighted by Crippen LogP contribution is 2.18. The Balaban J connectivity index is 2.25. The first kappa shape index (κ1) is 14.1. The van der Waals surface area contributed by atoms with Crippen LogP contribution in [-0.4, -0.2) is 42.4 Å². The molecule has 0 spiro atoms. The number of thioether (sulfide) groups is 1. The molecular formula is C11H16O5S. The summed E-state index contributed by atoms with van der Waals surface area (Å²) < 4.78 is 15.1. The molecule has 0 saturated carbocycles. The standard InChI is InChI=1S/C11H16O5S/c1-7(2)11(13)14-4-9(12)16-10-6-17-5-8(3)15-10/h8,10H,1,4-6H2,2-3H3/t8-,10+/m0/s1. The molecule has 0 radical (unpaired) electrons. The van der Waals surface area contributed by atoms with Crippen LogP contribution < -0.4 is 0 Å². The Labute approximate surface area is 104 Å². The van der Waals surface area contributed by atoms with E-state index in [0.717, 1.165) is 5.75 Å². The molecule has 1 aliphatic rings. The number of esters is 2. The van der Waals surface area contributed by atoms with E-state index in [-0.39, 0.29) is 11.7 Å². The van der Waals surface area contributed by atoms with Gasteiger partial charge >= 0.3 is 11.9 Å². The van der Waals surface area contributed by atoms with Gasteiger partial charge in [-0.25, -0.2) is 9.59 Å². The van der Waals surface area contributed by atoms with Crippen LogP contribution in [0.5, 0.6) is 0 Å². The molecule has 1 saturated heterocycles. The van der Waals surface area contributed by atoms with E-state index in [1.807, 2.05) is 6.92 Å². The van der Waals surface area contributed by atoms with Crippen molar-refractivity contribution in [2.24, 2.45) is 0 Å². The summed E-state index contributed by atoms with van der Waals surface area (Å²) in [5.41, 5.74) is 0.246. The zero-order chi connectivity index (χ0) is 12.8. The second kappa shape index (κ2) is 6.66. The van der Waals surface area contributed by atoms with Crippen LogP contribution in [0.1, 0.15) is 13.8 Å². The van der Waals surface area contributed by atoms with Gasteiger partial charge in [0.25, 0.3) is 0 Å². The topological polar surface area (TPSA) is 61.8 Å². The van der Waals surface area contributed by atoms with Crippen LogP contribution in [0, 0.1) is 0 Å². The van der Waals surface area contributed by atoms with Crippen molar-refractivity contribution in [3.63, 3.8) is 0 Å². The lowest BCUT2D eigenvalue weighted by molar-refractivity contribution is -0.187. The van der Waals surface area contributed by atoms with Crippen LogP contribution in [0.4, 0.5) is 0 Å². The van der Waals surface area contributed by atoms with Crippen LogP contribution in [-0.2, 0) is 23.8 Å². The maximum absolute atomic E-state index is 11.3. The third-order valence-corrected chi connectivity index (χ3v) is 3.14. The smallest absolute Gasteiger partial charge is 0.346 e. The Kier molecular flexibility index (Phi) is 5.50. The third kappa shape index (κ3) is 5.23. The van der Waals surface area contributed by atoms with Gasteiger partial charge in [0.15, 0.2) is 6.61 Å². The number of rotatable bonds is 4. The van der Waals surface area contributed by atoms with E-state index in [1.54, 1.807) is 11.8 Å². The average molecular weight is 260 g/mol. The van der Waals surface area contributed by atoms with Gasteiger partial charge in [-0.1, -0.05) is 6.58 Å². The van der Waals surface area contributed by atoms with Gasteiger partial charge < -0.3 is 14.2 Å². The van der Waals surface area contributed by atoms with Gasteiger partial charge in [-0.05, 0) is 13.8 Å². The van der Waals surface area contributed by atoms with Gasteiger partial charge in [0.05, 0.1) is 11.9 Å². The monoisotopic (exact) mass is 260 g/mol. The summed E-state index contributed by atoms with van der Waals surface area (Å²) in [4.78, 5) is 22.4. The van der Waals surface area contributed by atoms with Gasteiger partial charge in [-0.15, -0.1) is 0 Å². The molecule has 1 fully saturated rings. The van der Waals surface area contributed by atoms with E-state index in [9.17, 15) is 9.59 Å². The van der Waals surface area contributed by atoms with Crippen molar-refractivity contribution in [3.05, 3.63) is 12.2 Å². The maximum Gasteiger partial charge on any atom is 0.346 e. The molecule has 0 bridgehead atoms. The molecule has 6 heteroatoms. The zero-order valence-electron chi connectivity index (χ0n) is 9.93. The summed E-state index contributed by atoms with van der Waals surface area (Å²) in [5, 5.41) is 0. The molecule has 0 unspecified atom stereocenters. The van der Waals surface area contributed by atoms with E-state index in [0.29, 0.717) is 5.75 Å². The second-order valence-corrected chi connectivity index (χ2v) is 4.83. The Hall–Kier alpha value is -1.01. The molecule has 1 aliphatic heterocycles. The van der Waals surface area contributed by atoms with Crippen molar-refractivity contribution >= 4 is 23.7 Å². The summed E-state index contributed by atoms with van der Waals surface area (Å²) in [6, 6.07) is 0. The van der Waals surface area contributed by atoms with Crippen LogP contribution in [0.3, 0.4) is 0 Å². The van der Waals surface area contributed by atoms with Crippen molar-refractivity contribution in [3.8, 4) is 0 Å². The lowest BCUT2D eigenvalue weighted by Gasteiger charge is -2.26. The van der Waals surface area contributed by atoms with E-state index < -0.39 is 24.8 Å². The van der Waals surface area contributed by atoms with E-state index in [4.69, 9.17) is 9.47 Å². The highest BCUT2D eigenvalue weighted by atomic mass is 32.2. The van der Waals surface area contributed by atoms with Gasteiger partial charge in [-0.3, -0.25) is 0 Å². The highest BCUT2D eigenvalue weighted by Gasteiger charge is 2.23. The molecular weight excluding hydrogens is 244 g/mol. The van der Waals surface area contributed by atoms with E-state index >= 15 is 0 Å². The van der Waals surface area contributed by atoms with Crippen LogP contribution in [0.2, 0.25) is 0 Å². The predicted octanol–water partition coefficient (Wildman–Crippen LogP) is 1.13. The van der Waals surface area contributed by atoms with Gasteiger partial charge in [0, 0.05) is 11.3 Å². The molecule has 0 aromatic carbocycles. The number of carbonyl (C=O) groups excluding carboxylic acids is 2. The predicted molar refractivity (Wildman–Crippen MR) is 63.5 cm³/mol. The SMILES string of the molecule is C=C(C)C(=O)OCC(=O)O[C@@H]1CSC[C@H](C)O1. The molecule has 0 aromatic heterocycles. The molecule has 5 nitrogen and oxygen atoms in total. The first-order valence-corrected chi connectivity index (χ1v) is 6.40. The Bertz CT molecular complexity index is 315. The Morgan fingerprint density at radius 2 is 2.18 bits per heavy atom. The molecule has 0 aliphatic carbocycles. The summed E-state index contributed by atoms with van der Waals surface area (Å²) in [7, 11) is 0. The largest absolute Gasteiger partial charge is 0.450 e. The molecule has 0 aromatic rings. The molecule has 17 heavy (non-hydrogen) atoms. The molecule has 1 heterocycles. The normalized spacial score (nSPS) is 23.9. The van der Waals surface area contributed by atoms with Crippen molar-refractivity contribution in [2.45, 2.75) is 26.2 Å². The third-order valence-electron chi connectivity index (χ3n) is 1.92. The minimum atomic E-state index is -0.612. The quantitative estimate of drug-likeness (QED) is 0.558. The van der Waals surface area contributed by atoms with E-state index in [1.165, 1.54) is 6.92 Å². The number of hydrogen-bond acceptors (Lipinski definition) is 6. The number of hydrogen-bond donors (Lipinski definition) is 0. The lowest BCUT2D eigenvalue weighted by atomic mass is 10.4. The van der Waals surface area contributed by atoms with Gasteiger partial charge in [-0.2, -0.15) is 11.8 Å². The highest BCUT2D eigenvalue weighted by molar-refractivity contribution is 7.99. The minimum absolute atomic E-state index is 0.0597. The summed E-state index contributed by atoms with van der Waals surface area (Å²) >= 11 is 1.66. The fraction of sp³-hybridized carbons (Fsp3) is 0.636. The summed E-state index contributed by atoms with van der Waals surface area (Å²) in [6.07, 6.45) is -0.496. The second-order valence-electron chi connectivity index (χ2n) is 3.76.